The molecule has 0 radical (unpaired) electrons. The Balaban J connectivity index is 2.20. The number of benzene rings is 1. The van der Waals surface area contributed by atoms with Crippen LogP contribution in [0.25, 0.3) is 0 Å². The van der Waals surface area contributed by atoms with Crippen LogP contribution < -0.4 is 10.1 Å². The molecule has 106 valence electrons. The standard InChI is InChI=1S/C16H19FN2O/c1-3-19-16(13-9-14(17)11-18-10-13)8-12-5-4-6-15(7-12)20-2/h4-7,9-11,16,19H,3,8H2,1-2H3. The van der Waals surface area contributed by atoms with E-state index in [0.29, 0.717) is 0 Å². The van der Waals surface area contributed by atoms with Crippen molar-refractivity contribution >= 4 is 0 Å². The molecule has 0 aliphatic rings. The summed E-state index contributed by atoms with van der Waals surface area (Å²) in [6.45, 7) is 2.84. The van der Waals surface area contributed by atoms with Gasteiger partial charge in [-0.15, -0.1) is 0 Å². The topological polar surface area (TPSA) is 34.1 Å². The van der Waals surface area contributed by atoms with Gasteiger partial charge in [-0.3, -0.25) is 4.98 Å². The van der Waals surface area contributed by atoms with Crippen LogP contribution in [0.5, 0.6) is 5.75 Å². The maximum atomic E-state index is 13.3. The van der Waals surface area contributed by atoms with E-state index in [2.05, 4.69) is 10.3 Å². The van der Waals surface area contributed by atoms with Gasteiger partial charge >= 0.3 is 0 Å². The van der Waals surface area contributed by atoms with Gasteiger partial charge in [0, 0.05) is 12.2 Å². The maximum Gasteiger partial charge on any atom is 0.141 e. The molecule has 1 N–H and O–H groups in total. The molecule has 0 bridgehead atoms. The second-order valence-corrected chi connectivity index (χ2v) is 4.60. The van der Waals surface area contributed by atoms with Crippen molar-refractivity contribution in [2.45, 2.75) is 19.4 Å². The maximum absolute atomic E-state index is 13.3. The van der Waals surface area contributed by atoms with E-state index in [1.165, 1.54) is 12.3 Å². The Morgan fingerprint density at radius 2 is 2.15 bits per heavy atom. The zero-order chi connectivity index (χ0) is 14.4. The Morgan fingerprint density at radius 3 is 2.85 bits per heavy atom. The van der Waals surface area contributed by atoms with Crippen LogP contribution in [0.15, 0.2) is 42.7 Å². The molecule has 0 fully saturated rings. The fourth-order valence-corrected chi connectivity index (χ4v) is 2.21. The molecule has 0 saturated heterocycles. The normalized spacial score (nSPS) is 12.2. The lowest BCUT2D eigenvalue weighted by Gasteiger charge is -2.18. The quantitative estimate of drug-likeness (QED) is 0.878. The Kier molecular flexibility index (Phi) is 5.07. The van der Waals surface area contributed by atoms with E-state index in [4.69, 9.17) is 4.74 Å². The van der Waals surface area contributed by atoms with Crippen LogP contribution >= 0.6 is 0 Å². The molecule has 2 rings (SSSR count). The summed E-state index contributed by atoms with van der Waals surface area (Å²) in [6.07, 6.45) is 3.69. The van der Waals surface area contributed by atoms with Crippen LogP contribution in [0.1, 0.15) is 24.1 Å². The number of likely N-dealkylation sites (N-methyl/N-ethyl adjacent to an activating group) is 1. The van der Waals surface area contributed by atoms with Crippen LogP contribution in [-0.4, -0.2) is 18.6 Å². The first-order chi connectivity index (χ1) is 9.72. The van der Waals surface area contributed by atoms with Gasteiger partial charge in [0.2, 0.25) is 0 Å². The van der Waals surface area contributed by atoms with Crippen LogP contribution in [0, 0.1) is 5.82 Å². The number of aromatic nitrogens is 1. The number of rotatable bonds is 6. The highest BCUT2D eigenvalue weighted by Gasteiger charge is 2.12. The first kappa shape index (κ1) is 14.5. The van der Waals surface area contributed by atoms with Gasteiger partial charge in [-0.25, -0.2) is 4.39 Å². The fourth-order valence-electron chi connectivity index (χ4n) is 2.21. The van der Waals surface area contributed by atoms with Crippen molar-refractivity contribution in [3.05, 3.63) is 59.7 Å². The lowest BCUT2D eigenvalue weighted by atomic mass is 10.00. The highest BCUT2D eigenvalue weighted by molar-refractivity contribution is 5.30. The molecule has 1 unspecified atom stereocenters. The summed E-state index contributed by atoms with van der Waals surface area (Å²) in [5.41, 5.74) is 1.99. The molecule has 1 atom stereocenters. The fraction of sp³-hybridized carbons (Fsp3) is 0.312. The van der Waals surface area contributed by atoms with Crippen molar-refractivity contribution in [3.63, 3.8) is 0 Å². The molecule has 0 spiro atoms. The number of pyridine rings is 1. The molecular weight excluding hydrogens is 255 g/mol. The minimum atomic E-state index is -0.309. The van der Waals surface area contributed by atoms with Crippen molar-refractivity contribution < 1.29 is 9.13 Å². The summed E-state index contributed by atoms with van der Waals surface area (Å²) in [5.74, 6) is 0.520. The third kappa shape index (κ3) is 3.78. The number of hydrogen-bond donors (Lipinski definition) is 1. The van der Waals surface area contributed by atoms with Crippen molar-refractivity contribution in [3.8, 4) is 5.75 Å². The molecule has 0 aliphatic heterocycles. The van der Waals surface area contributed by atoms with Crippen molar-refractivity contribution in [1.29, 1.82) is 0 Å². The second kappa shape index (κ2) is 7.01. The lowest BCUT2D eigenvalue weighted by molar-refractivity contribution is 0.414. The SMILES string of the molecule is CCNC(Cc1cccc(OC)c1)c1cncc(F)c1. The third-order valence-corrected chi connectivity index (χ3v) is 3.15. The molecule has 3 nitrogen and oxygen atoms in total. The highest BCUT2D eigenvalue weighted by Crippen LogP contribution is 2.21. The van der Waals surface area contributed by atoms with Crippen LogP contribution in [-0.2, 0) is 6.42 Å². The monoisotopic (exact) mass is 274 g/mol. The number of halogens is 1. The minimum absolute atomic E-state index is 0.0373. The Bertz CT molecular complexity index is 560. The highest BCUT2D eigenvalue weighted by atomic mass is 19.1. The van der Waals surface area contributed by atoms with E-state index in [1.807, 2.05) is 31.2 Å². The molecule has 2 aromatic rings. The summed E-state index contributed by atoms with van der Waals surface area (Å²) < 4.78 is 18.5. The van der Waals surface area contributed by atoms with Crippen LogP contribution in [0.2, 0.25) is 0 Å². The molecule has 0 aliphatic carbocycles. The van der Waals surface area contributed by atoms with Gasteiger partial charge in [-0.1, -0.05) is 19.1 Å². The molecule has 4 heteroatoms. The van der Waals surface area contributed by atoms with Gasteiger partial charge in [0.25, 0.3) is 0 Å². The predicted octanol–water partition coefficient (Wildman–Crippen LogP) is 3.12. The first-order valence-electron chi connectivity index (χ1n) is 6.69. The number of ether oxygens (including phenoxy) is 1. The predicted molar refractivity (Wildman–Crippen MR) is 77.3 cm³/mol. The van der Waals surface area contributed by atoms with Gasteiger partial charge in [0.1, 0.15) is 11.6 Å². The summed E-state index contributed by atoms with van der Waals surface area (Å²) in [7, 11) is 1.65. The molecule has 0 amide bonds. The van der Waals surface area contributed by atoms with Gasteiger partial charge in [0.15, 0.2) is 0 Å². The minimum Gasteiger partial charge on any atom is -0.497 e. The molecule has 0 saturated carbocycles. The second-order valence-electron chi connectivity index (χ2n) is 4.60. The van der Waals surface area contributed by atoms with Crippen molar-refractivity contribution in [1.82, 2.24) is 10.3 Å². The summed E-state index contributed by atoms with van der Waals surface area (Å²) in [5, 5.41) is 3.36. The van der Waals surface area contributed by atoms with Crippen molar-refractivity contribution in [2.24, 2.45) is 0 Å². The first-order valence-corrected chi connectivity index (χ1v) is 6.69. The van der Waals surface area contributed by atoms with E-state index >= 15 is 0 Å². The summed E-state index contributed by atoms with van der Waals surface area (Å²) in [6, 6.07) is 9.48. The smallest absolute Gasteiger partial charge is 0.141 e. The zero-order valence-electron chi connectivity index (χ0n) is 11.8. The molecule has 1 heterocycles. The number of nitrogens with one attached hydrogen (secondary N) is 1. The van der Waals surface area contributed by atoms with Crippen LogP contribution in [0.3, 0.4) is 0 Å². The van der Waals surface area contributed by atoms with E-state index in [9.17, 15) is 4.39 Å². The van der Waals surface area contributed by atoms with Gasteiger partial charge < -0.3 is 10.1 Å². The Hall–Kier alpha value is -1.94. The largest absolute Gasteiger partial charge is 0.497 e. The number of nitrogens with zero attached hydrogens (tertiary/aromatic N) is 1. The zero-order valence-corrected chi connectivity index (χ0v) is 11.8. The van der Waals surface area contributed by atoms with E-state index in [0.717, 1.165) is 29.8 Å². The number of methoxy groups -OCH3 is 1. The Labute approximate surface area is 118 Å². The average molecular weight is 274 g/mol. The third-order valence-electron chi connectivity index (χ3n) is 3.15. The van der Waals surface area contributed by atoms with Gasteiger partial charge in [-0.2, -0.15) is 0 Å². The molecule has 20 heavy (non-hydrogen) atoms. The van der Waals surface area contributed by atoms with Gasteiger partial charge in [-0.05, 0) is 42.3 Å². The van der Waals surface area contributed by atoms with Crippen LogP contribution in [0.4, 0.5) is 4.39 Å². The summed E-state index contributed by atoms with van der Waals surface area (Å²) >= 11 is 0. The number of hydrogen-bond acceptors (Lipinski definition) is 3. The lowest BCUT2D eigenvalue weighted by Crippen LogP contribution is -2.23. The molecule has 1 aromatic heterocycles. The molecule has 1 aromatic carbocycles. The van der Waals surface area contributed by atoms with E-state index < -0.39 is 0 Å². The van der Waals surface area contributed by atoms with E-state index in [-0.39, 0.29) is 11.9 Å². The summed E-state index contributed by atoms with van der Waals surface area (Å²) in [4.78, 5) is 3.92. The average Bonchev–Trinajstić information content (AvgIpc) is 2.47. The van der Waals surface area contributed by atoms with E-state index in [1.54, 1.807) is 13.3 Å². The molecular formula is C16H19FN2O. The van der Waals surface area contributed by atoms with Gasteiger partial charge in [0.05, 0.1) is 13.3 Å². The Morgan fingerprint density at radius 1 is 1.30 bits per heavy atom. The van der Waals surface area contributed by atoms with Crippen molar-refractivity contribution in [2.75, 3.05) is 13.7 Å².